The maximum atomic E-state index is 12.3. The molecule has 0 fully saturated rings. The zero-order chi connectivity index (χ0) is 14.8. The van der Waals surface area contributed by atoms with Gasteiger partial charge in [-0.2, -0.15) is 4.68 Å². The summed E-state index contributed by atoms with van der Waals surface area (Å²) >= 11 is 7.45. The highest BCUT2D eigenvalue weighted by Gasteiger charge is 2.08. The van der Waals surface area contributed by atoms with Gasteiger partial charge in [-0.15, -0.1) is 16.4 Å². The first-order valence-corrected chi connectivity index (χ1v) is 7.58. The zero-order valence-electron chi connectivity index (χ0n) is 11.4. The second-order valence-electron chi connectivity index (χ2n) is 4.77. The summed E-state index contributed by atoms with van der Waals surface area (Å²) in [5.74, 6) is 0. The van der Waals surface area contributed by atoms with E-state index in [0.29, 0.717) is 24.1 Å². The number of rotatable bonds is 4. The lowest BCUT2D eigenvalue weighted by atomic mass is 10.2. The fraction of sp³-hybridized carbons (Fsp3) is 0.214. The zero-order valence-corrected chi connectivity index (χ0v) is 12.9. The van der Waals surface area contributed by atoms with Gasteiger partial charge in [-0.25, -0.2) is 0 Å². The number of nitrogens with zero attached hydrogens (tertiary/aromatic N) is 4. The Hall–Kier alpha value is -1.76. The first-order chi connectivity index (χ1) is 10.1. The fourth-order valence-electron chi connectivity index (χ4n) is 2.10. The molecule has 0 spiro atoms. The Morgan fingerprint density at radius 3 is 2.86 bits per heavy atom. The van der Waals surface area contributed by atoms with E-state index in [2.05, 4.69) is 10.3 Å². The average Bonchev–Trinajstić information content (AvgIpc) is 2.87. The van der Waals surface area contributed by atoms with Gasteiger partial charge in [-0.3, -0.25) is 9.69 Å². The topological polar surface area (TPSA) is 51.0 Å². The highest BCUT2D eigenvalue weighted by atomic mass is 35.5. The molecule has 1 aromatic carbocycles. The van der Waals surface area contributed by atoms with Crippen molar-refractivity contribution in [2.75, 3.05) is 7.05 Å². The van der Waals surface area contributed by atoms with Gasteiger partial charge in [0.1, 0.15) is 5.52 Å². The second kappa shape index (κ2) is 5.93. The predicted molar refractivity (Wildman–Crippen MR) is 84.6 cm³/mol. The summed E-state index contributed by atoms with van der Waals surface area (Å²) < 4.78 is 2.14. The minimum absolute atomic E-state index is 0.128. The van der Waals surface area contributed by atoms with Crippen molar-refractivity contribution in [1.29, 1.82) is 0 Å². The van der Waals surface area contributed by atoms with Crippen LogP contribution in [0, 0.1) is 0 Å². The number of fused-ring (bicyclic) bond motifs is 1. The summed E-state index contributed by atoms with van der Waals surface area (Å²) in [4.78, 5) is 15.5. The Morgan fingerprint density at radius 2 is 2.10 bits per heavy atom. The molecule has 2 heterocycles. The van der Waals surface area contributed by atoms with Crippen LogP contribution >= 0.6 is 22.9 Å². The quantitative estimate of drug-likeness (QED) is 0.741. The minimum Gasteiger partial charge on any atom is -0.282 e. The molecule has 0 N–H and O–H groups in total. The molecule has 108 valence electrons. The smallest absolute Gasteiger partial charge is 0.278 e. The van der Waals surface area contributed by atoms with Crippen molar-refractivity contribution in [2.24, 2.45) is 0 Å². The summed E-state index contributed by atoms with van der Waals surface area (Å²) in [5.41, 5.74) is 0.489. The molecule has 0 amide bonds. The van der Waals surface area contributed by atoms with Crippen LogP contribution in [0.15, 0.2) is 41.2 Å². The van der Waals surface area contributed by atoms with Crippen LogP contribution in [0.2, 0.25) is 4.34 Å². The second-order valence-corrected chi connectivity index (χ2v) is 6.57. The van der Waals surface area contributed by atoms with E-state index in [4.69, 9.17) is 11.6 Å². The molecule has 0 atom stereocenters. The van der Waals surface area contributed by atoms with Crippen molar-refractivity contribution in [3.05, 3.63) is 56.0 Å². The normalized spacial score (nSPS) is 11.4. The van der Waals surface area contributed by atoms with Gasteiger partial charge in [0, 0.05) is 11.4 Å². The summed E-state index contributed by atoms with van der Waals surface area (Å²) in [6.07, 6.45) is 0. The van der Waals surface area contributed by atoms with Crippen LogP contribution < -0.4 is 5.56 Å². The molecule has 21 heavy (non-hydrogen) atoms. The monoisotopic (exact) mass is 320 g/mol. The van der Waals surface area contributed by atoms with Crippen molar-refractivity contribution in [3.63, 3.8) is 0 Å². The van der Waals surface area contributed by atoms with Gasteiger partial charge in [0.2, 0.25) is 0 Å². The van der Waals surface area contributed by atoms with Crippen LogP contribution in [0.4, 0.5) is 0 Å². The molecule has 0 aliphatic heterocycles. The number of hydrogen-bond donors (Lipinski definition) is 0. The molecule has 2 aromatic heterocycles. The van der Waals surface area contributed by atoms with E-state index >= 15 is 0 Å². The Morgan fingerprint density at radius 1 is 1.29 bits per heavy atom. The van der Waals surface area contributed by atoms with Crippen molar-refractivity contribution < 1.29 is 0 Å². The highest BCUT2D eigenvalue weighted by Crippen LogP contribution is 2.22. The van der Waals surface area contributed by atoms with Crippen molar-refractivity contribution in [3.8, 4) is 0 Å². The standard InChI is InChI=1S/C14H13ClN4OS/c1-18(8-10-6-7-13(15)21-10)9-19-14(20)11-4-2-3-5-12(11)16-17-19/h2-7H,8-9H2,1H3. The molecule has 0 radical (unpaired) electrons. The Kier molecular flexibility index (Phi) is 4.01. The Bertz CT molecular complexity index is 829. The third-order valence-electron chi connectivity index (χ3n) is 3.06. The van der Waals surface area contributed by atoms with E-state index < -0.39 is 0 Å². The largest absolute Gasteiger partial charge is 0.282 e. The van der Waals surface area contributed by atoms with Crippen molar-refractivity contribution >= 4 is 33.8 Å². The number of halogens is 1. The molecule has 3 aromatic rings. The van der Waals surface area contributed by atoms with E-state index in [1.807, 2.05) is 36.2 Å². The lowest BCUT2D eigenvalue weighted by Crippen LogP contribution is -2.32. The summed E-state index contributed by atoms with van der Waals surface area (Å²) in [7, 11) is 1.93. The lowest BCUT2D eigenvalue weighted by molar-refractivity contribution is 0.238. The van der Waals surface area contributed by atoms with Crippen molar-refractivity contribution in [1.82, 2.24) is 19.9 Å². The van der Waals surface area contributed by atoms with Gasteiger partial charge < -0.3 is 0 Å². The molecular formula is C14H13ClN4OS. The van der Waals surface area contributed by atoms with E-state index in [-0.39, 0.29) is 5.56 Å². The van der Waals surface area contributed by atoms with Gasteiger partial charge in [0.05, 0.1) is 16.4 Å². The van der Waals surface area contributed by atoms with Crippen molar-refractivity contribution in [2.45, 2.75) is 13.2 Å². The number of benzene rings is 1. The Labute approximate surface area is 130 Å². The molecule has 0 unspecified atom stereocenters. The molecule has 0 aliphatic rings. The molecular weight excluding hydrogens is 308 g/mol. The SMILES string of the molecule is CN(Cc1ccc(Cl)s1)Cn1nnc2ccccc2c1=O. The summed E-state index contributed by atoms with van der Waals surface area (Å²) in [6, 6.07) is 11.1. The fourth-order valence-corrected chi connectivity index (χ4v) is 3.27. The maximum absolute atomic E-state index is 12.3. The predicted octanol–water partition coefficient (Wildman–Crippen LogP) is 2.60. The number of aromatic nitrogens is 3. The molecule has 0 bridgehead atoms. The van der Waals surface area contributed by atoms with Crippen LogP contribution in [-0.2, 0) is 13.2 Å². The first kappa shape index (κ1) is 14.2. The molecule has 5 nitrogen and oxygen atoms in total. The molecule has 0 saturated heterocycles. The van der Waals surface area contributed by atoms with Crippen LogP contribution in [0.1, 0.15) is 4.88 Å². The van der Waals surface area contributed by atoms with Gasteiger partial charge in [-0.1, -0.05) is 28.9 Å². The average molecular weight is 321 g/mol. The van der Waals surface area contributed by atoms with Gasteiger partial charge in [-0.05, 0) is 31.3 Å². The summed E-state index contributed by atoms with van der Waals surface area (Å²) in [5, 5.41) is 8.64. The van der Waals surface area contributed by atoms with E-state index in [1.165, 1.54) is 16.0 Å². The van der Waals surface area contributed by atoms with Gasteiger partial charge >= 0.3 is 0 Å². The van der Waals surface area contributed by atoms with E-state index in [1.54, 1.807) is 12.1 Å². The minimum atomic E-state index is -0.128. The molecule has 0 aliphatic carbocycles. The van der Waals surface area contributed by atoms with Gasteiger partial charge in [0.25, 0.3) is 5.56 Å². The van der Waals surface area contributed by atoms with Crippen LogP contribution in [0.3, 0.4) is 0 Å². The number of thiophene rings is 1. The number of hydrogen-bond acceptors (Lipinski definition) is 5. The van der Waals surface area contributed by atoms with E-state index in [0.717, 1.165) is 9.21 Å². The van der Waals surface area contributed by atoms with Crippen LogP contribution in [-0.4, -0.2) is 26.9 Å². The lowest BCUT2D eigenvalue weighted by Gasteiger charge is -2.15. The van der Waals surface area contributed by atoms with Gasteiger partial charge in [0.15, 0.2) is 0 Å². The van der Waals surface area contributed by atoms with E-state index in [9.17, 15) is 4.79 Å². The molecule has 7 heteroatoms. The first-order valence-electron chi connectivity index (χ1n) is 6.39. The third-order valence-corrected chi connectivity index (χ3v) is 4.28. The third kappa shape index (κ3) is 3.12. The van der Waals surface area contributed by atoms with Crippen LogP contribution in [0.25, 0.3) is 10.9 Å². The molecule has 0 saturated carbocycles. The highest BCUT2D eigenvalue weighted by molar-refractivity contribution is 7.16. The molecule has 3 rings (SSSR count). The Balaban J connectivity index is 1.81. The van der Waals surface area contributed by atoms with Crippen LogP contribution in [0.5, 0.6) is 0 Å². The maximum Gasteiger partial charge on any atom is 0.278 e. The summed E-state index contributed by atoms with van der Waals surface area (Å²) in [6.45, 7) is 1.09.